The molecule has 3 fully saturated rings. The Morgan fingerprint density at radius 3 is 2.42 bits per heavy atom. The highest BCUT2D eigenvalue weighted by atomic mass is 19.4. The number of hydrogen-bond acceptors (Lipinski definition) is 6. The van der Waals surface area contributed by atoms with E-state index >= 15 is 0 Å². The first-order valence-corrected chi connectivity index (χ1v) is 11.0. The number of ether oxygens (including phenoxy) is 1. The molecule has 0 atom stereocenters. The second-order valence-electron chi connectivity index (χ2n) is 9.36. The minimum Gasteiger partial charge on any atom is -0.366 e. The number of nitrogens with one attached hydrogen (secondary N) is 1. The molecule has 12 heteroatoms. The number of anilines is 1. The molecule has 1 aliphatic heterocycles. The Morgan fingerprint density at radius 2 is 1.94 bits per heavy atom. The predicted octanol–water partition coefficient (Wildman–Crippen LogP) is 2.15. The summed E-state index contributed by atoms with van der Waals surface area (Å²) < 4.78 is 46.3. The topological polar surface area (TPSA) is 126 Å². The van der Waals surface area contributed by atoms with Crippen molar-refractivity contribution in [2.75, 3.05) is 25.5 Å². The van der Waals surface area contributed by atoms with Crippen molar-refractivity contribution < 1.29 is 27.5 Å². The molecule has 1 saturated heterocycles. The summed E-state index contributed by atoms with van der Waals surface area (Å²) in [4.78, 5) is 25.9. The van der Waals surface area contributed by atoms with E-state index in [-0.39, 0.29) is 48.8 Å². The Kier molecular flexibility index (Phi) is 5.90. The van der Waals surface area contributed by atoms with Crippen molar-refractivity contribution in [3.05, 3.63) is 11.8 Å². The van der Waals surface area contributed by atoms with Gasteiger partial charge in [-0.15, -0.1) is 0 Å². The Bertz CT molecular complexity index is 967. The minimum atomic E-state index is -4.43. The number of aromatic nitrogens is 2. The lowest BCUT2D eigenvalue weighted by Gasteiger charge is -2.54. The zero-order valence-electron chi connectivity index (χ0n) is 18.3. The summed E-state index contributed by atoms with van der Waals surface area (Å²) >= 11 is 0. The first-order valence-electron chi connectivity index (χ1n) is 11.0. The lowest BCUT2D eigenvalue weighted by molar-refractivity contribution is -0.316. The normalized spacial score (nSPS) is 27.4. The quantitative estimate of drug-likeness (QED) is 0.632. The molecule has 9 nitrogen and oxygen atoms in total. The number of nitrogens with two attached hydrogens (primary N) is 1. The maximum Gasteiger partial charge on any atom is 0.419 e. The SMILES string of the molecule is COC1(C(F)(F)F)CN([C@H]2CC[C@@](CC#N)(n3cc(C(N)=O)c(NC(=O)C4CC4)n3)CC2)C1. The Labute approximate surface area is 189 Å². The molecule has 4 rings (SSSR count). The van der Waals surface area contributed by atoms with Crippen LogP contribution in [0.2, 0.25) is 0 Å². The number of carbonyl (C=O) groups excluding carboxylic acids is 2. The van der Waals surface area contributed by atoms with Gasteiger partial charge in [0.25, 0.3) is 5.91 Å². The van der Waals surface area contributed by atoms with E-state index in [2.05, 4.69) is 16.5 Å². The van der Waals surface area contributed by atoms with Crippen molar-refractivity contribution in [2.24, 2.45) is 11.7 Å². The highest BCUT2D eigenvalue weighted by Crippen LogP contribution is 2.46. The molecule has 180 valence electrons. The molecule has 3 N–H and O–H groups in total. The summed E-state index contributed by atoms with van der Waals surface area (Å²) in [6.07, 6.45) is 0.822. The van der Waals surface area contributed by atoms with E-state index in [0.29, 0.717) is 25.7 Å². The number of nitriles is 1. The molecule has 2 aliphatic carbocycles. The fourth-order valence-corrected chi connectivity index (χ4v) is 4.89. The Hall–Kier alpha value is -2.65. The molecule has 0 radical (unpaired) electrons. The number of rotatable bonds is 7. The second kappa shape index (κ2) is 8.29. The van der Waals surface area contributed by atoms with Crippen molar-refractivity contribution >= 4 is 17.6 Å². The molecular formula is C21H27F3N6O3. The zero-order chi connectivity index (χ0) is 24.0. The van der Waals surface area contributed by atoms with Gasteiger partial charge in [-0.2, -0.15) is 23.5 Å². The average molecular weight is 468 g/mol. The number of likely N-dealkylation sites (tertiary alicyclic amines) is 1. The second-order valence-corrected chi connectivity index (χ2v) is 9.36. The minimum absolute atomic E-state index is 0.0670. The molecule has 0 spiro atoms. The number of alkyl halides is 3. The van der Waals surface area contributed by atoms with E-state index < -0.39 is 23.2 Å². The first-order chi connectivity index (χ1) is 15.5. The van der Waals surface area contributed by atoms with Crippen LogP contribution in [0.25, 0.3) is 0 Å². The number of halogens is 3. The van der Waals surface area contributed by atoms with Crippen LogP contribution in [0.15, 0.2) is 6.20 Å². The van der Waals surface area contributed by atoms with Gasteiger partial charge < -0.3 is 15.8 Å². The summed E-state index contributed by atoms with van der Waals surface area (Å²) in [6, 6.07) is 2.10. The molecule has 2 amide bonds. The van der Waals surface area contributed by atoms with Crippen molar-refractivity contribution in [1.29, 1.82) is 5.26 Å². The molecule has 0 aromatic carbocycles. The maximum absolute atomic E-state index is 13.3. The molecule has 2 heterocycles. The fraction of sp³-hybridized carbons (Fsp3) is 0.714. The van der Waals surface area contributed by atoms with Gasteiger partial charge in [0.05, 0.1) is 18.0 Å². The number of nitrogens with zero attached hydrogens (tertiary/aromatic N) is 4. The van der Waals surface area contributed by atoms with E-state index in [1.165, 1.54) is 6.20 Å². The fourth-order valence-electron chi connectivity index (χ4n) is 4.89. The van der Waals surface area contributed by atoms with Gasteiger partial charge in [0, 0.05) is 38.4 Å². The average Bonchev–Trinajstić information content (AvgIpc) is 3.48. The van der Waals surface area contributed by atoms with E-state index in [9.17, 15) is 28.0 Å². The smallest absolute Gasteiger partial charge is 0.366 e. The van der Waals surface area contributed by atoms with Gasteiger partial charge in [-0.3, -0.25) is 19.2 Å². The van der Waals surface area contributed by atoms with Crippen molar-refractivity contribution in [3.8, 4) is 6.07 Å². The molecule has 1 aromatic heterocycles. The predicted molar refractivity (Wildman–Crippen MR) is 110 cm³/mol. The van der Waals surface area contributed by atoms with Crippen LogP contribution in [0.5, 0.6) is 0 Å². The first kappa shape index (κ1) is 23.5. The third kappa shape index (κ3) is 4.19. The van der Waals surface area contributed by atoms with Crippen LogP contribution in [-0.2, 0) is 15.1 Å². The van der Waals surface area contributed by atoms with Crippen molar-refractivity contribution in [2.45, 2.75) is 68.3 Å². The summed E-state index contributed by atoms with van der Waals surface area (Å²) in [5, 5.41) is 16.6. The van der Waals surface area contributed by atoms with Crippen molar-refractivity contribution in [1.82, 2.24) is 14.7 Å². The number of methoxy groups -OCH3 is 1. The standard InChI is InChI=1S/C21H27F3N6O3/c1-33-20(21(22,23)24)11-29(12-20)14-4-6-19(7-5-14,8-9-25)30-10-15(16(26)31)17(28-30)27-18(32)13-2-3-13/h10,13-14H,2-8,11-12H2,1H3,(H2,26,31)(H,27,28,32)/t14-,19+. The van der Waals surface area contributed by atoms with Gasteiger partial charge in [-0.25, -0.2) is 0 Å². The molecule has 33 heavy (non-hydrogen) atoms. The largest absolute Gasteiger partial charge is 0.419 e. The number of amides is 2. The maximum atomic E-state index is 13.3. The van der Waals surface area contributed by atoms with Gasteiger partial charge in [0.1, 0.15) is 5.56 Å². The van der Waals surface area contributed by atoms with Crippen LogP contribution < -0.4 is 11.1 Å². The lowest BCUT2D eigenvalue weighted by atomic mass is 9.75. The molecule has 3 aliphatic rings. The van der Waals surface area contributed by atoms with Crippen LogP contribution in [0, 0.1) is 17.2 Å². The summed E-state index contributed by atoms with van der Waals surface area (Å²) in [5.41, 5.74) is 2.70. The number of carbonyl (C=O) groups is 2. The van der Waals surface area contributed by atoms with Crippen LogP contribution in [0.1, 0.15) is 55.3 Å². The van der Waals surface area contributed by atoms with E-state index in [4.69, 9.17) is 10.5 Å². The van der Waals surface area contributed by atoms with Crippen LogP contribution in [0.4, 0.5) is 19.0 Å². The van der Waals surface area contributed by atoms with Crippen LogP contribution in [0.3, 0.4) is 0 Å². The highest BCUT2D eigenvalue weighted by Gasteiger charge is 2.63. The van der Waals surface area contributed by atoms with Gasteiger partial charge >= 0.3 is 6.18 Å². The third-order valence-electron chi connectivity index (χ3n) is 7.29. The van der Waals surface area contributed by atoms with Crippen LogP contribution in [-0.4, -0.2) is 64.5 Å². The van der Waals surface area contributed by atoms with E-state index in [1.54, 1.807) is 9.58 Å². The van der Waals surface area contributed by atoms with Crippen LogP contribution >= 0.6 is 0 Å². The summed E-state index contributed by atoms with van der Waals surface area (Å²) in [6.45, 7) is -0.429. The zero-order valence-corrected chi connectivity index (χ0v) is 18.3. The lowest BCUT2D eigenvalue weighted by Crippen LogP contribution is -2.72. The number of primary amides is 1. The Balaban J connectivity index is 1.49. The summed E-state index contributed by atoms with van der Waals surface area (Å²) in [7, 11) is 1.08. The van der Waals surface area contributed by atoms with Gasteiger partial charge in [0.2, 0.25) is 5.91 Å². The van der Waals surface area contributed by atoms with Crippen molar-refractivity contribution in [3.63, 3.8) is 0 Å². The molecule has 0 bridgehead atoms. The molecule has 1 aromatic rings. The third-order valence-corrected chi connectivity index (χ3v) is 7.29. The molecular weight excluding hydrogens is 441 g/mol. The monoisotopic (exact) mass is 468 g/mol. The van der Waals surface area contributed by atoms with Gasteiger partial charge in [0.15, 0.2) is 11.4 Å². The van der Waals surface area contributed by atoms with Gasteiger partial charge in [-0.1, -0.05) is 0 Å². The van der Waals surface area contributed by atoms with E-state index in [1.807, 2.05) is 0 Å². The summed E-state index contributed by atoms with van der Waals surface area (Å²) in [5.74, 6) is -0.967. The Morgan fingerprint density at radius 1 is 1.30 bits per heavy atom. The van der Waals surface area contributed by atoms with Gasteiger partial charge in [-0.05, 0) is 38.5 Å². The highest BCUT2D eigenvalue weighted by molar-refractivity contribution is 6.02. The van der Waals surface area contributed by atoms with E-state index in [0.717, 1.165) is 20.0 Å². The molecule has 2 saturated carbocycles. The number of hydrogen-bond donors (Lipinski definition) is 2. The molecule has 0 unspecified atom stereocenters.